The molecule has 0 spiro atoms. The monoisotopic (exact) mass is 569 g/mol. The van der Waals surface area contributed by atoms with E-state index in [0.29, 0.717) is 10.7 Å². The van der Waals surface area contributed by atoms with Crippen LogP contribution in [0.2, 0.25) is 5.02 Å². The number of amides is 2. The molecule has 208 valence electrons. The number of anilines is 1. The van der Waals surface area contributed by atoms with Gasteiger partial charge in [-0.2, -0.15) is 0 Å². The summed E-state index contributed by atoms with van der Waals surface area (Å²) in [4.78, 5) is 28.4. The Morgan fingerprint density at radius 3 is 2.15 bits per heavy atom. The second-order valence-electron chi connectivity index (χ2n) is 10.1. The predicted molar refractivity (Wildman–Crippen MR) is 156 cm³/mol. The Morgan fingerprint density at radius 1 is 0.897 bits per heavy atom. The van der Waals surface area contributed by atoms with E-state index in [1.165, 1.54) is 17.0 Å². The zero-order valence-corrected chi connectivity index (χ0v) is 24.8. The van der Waals surface area contributed by atoms with Crippen LogP contribution in [0.5, 0.6) is 0 Å². The van der Waals surface area contributed by atoms with Crippen molar-refractivity contribution in [3.8, 4) is 0 Å². The number of benzene rings is 3. The lowest BCUT2D eigenvalue weighted by atomic mass is 10.1. The van der Waals surface area contributed by atoms with Crippen LogP contribution in [0.15, 0.2) is 71.6 Å². The van der Waals surface area contributed by atoms with Crippen molar-refractivity contribution in [1.82, 2.24) is 10.2 Å². The van der Waals surface area contributed by atoms with Crippen molar-refractivity contribution in [1.29, 1.82) is 0 Å². The molecule has 7 nitrogen and oxygen atoms in total. The third kappa shape index (κ3) is 7.61. The molecule has 2 amide bonds. The van der Waals surface area contributed by atoms with Gasteiger partial charge in [-0.25, -0.2) is 8.42 Å². The summed E-state index contributed by atoms with van der Waals surface area (Å²) in [7, 11) is -4.11. The van der Waals surface area contributed by atoms with Gasteiger partial charge in [0.15, 0.2) is 0 Å². The van der Waals surface area contributed by atoms with E-state index in [9.17, 15) is 18.0 Å². The van der Waals surface area contributed by atoms with Crippen LogP contribution in [-0.4, -0.2) is 43.8 Å². The van der Waals surface area contributed by atoms with E-state index >= 15 is 0 Å². The highest BCUT2D eigenvalue weighted by molar-refractivity contribution is 7.92. The Bertz CT molecular complexity index is 1440. The molecular formula is C30H36ClN3O4S. The van der Waals surface area contributed by atoms with Gasteiger partial charge in [-0.1, -0.05) is 47.5 Å². The molecule has 0 aliphatic rings. The van der Waals surface area contributed by atoms with Gasteiger partial charge in [0, 0.05) is 17.6 Å². The summed E-state index contributed by atoms with van der Waals surface area (Å²) in [6.45, 7) is 10.6. The number of nitrogens with zero attached hydrogens (tertiary/aromatic N) is 2. The number of hydrogen-bond donors (Lipinski definition) is 1. The minimum Gasteiger partial charge on any atom is -0.352 e. The molecule has 0 aliphatic heterocycles. The highest BCUT2D eigenvalue weighted by Crippen LogP contribution is 2.27. The molecule has 0 fully saturated rings. The number of carbonyl (C=O) groups is 2. The summed E-state index contributed by atoms with van der Waals surface area (Å²) in [6, 6.07) is 17.8. The summed E-state index contributed by atoms with van der Waals surface area (Å²) in [6.07, 6.45) is 0. The highest BCUT2D eigenvalue weighted by Gasteiger charge is 2.32. The summed E-state index contributed by atoms with van der Waals surface area (Å²) >= 11 is 6.18. The minimum atomic E-state index is -4.11. The molecule has 0 aromatic heterocycles. The average Bonchev–Trinajstić information content (AvgIpc) is 2.87. The lowest BCUT2D eigenvalue weighted by molar-refractivity contribution is -0.139. The zero-order chi connectivity index (χ0) is 28.9. The average molecular weight is 570 g/mol. The first-order valence-corrected chi connectivity index (χ1v) is 14.6. The van der Waals surface area contributed by atoms with Gasteiger partial charge in [0.2, 0.25) is 11.8 Å². The predicted octanol–water partition coefficient (Wildman–Crippen LogP) is 5.40. The molecule has 39 heavy (non-hydrogen) atoms. The summed E-state index contributed by atoms with van der Waals surface area (Å²) < 4.78 is 28.9. The number of hydrogen-bond acceptors (Lipinski definition) is 4. The van der Waals surface area contributed by atoms with Crippen molar-refractivity contribution in [2.75, 3.05) is 10.8 Å². The van der Waals surface area contributed by atoms with Gasteiger partial charge in [0.1, 0.15) is 12.6 Å². The van der Waals surface area contributed by atoms with Crippen LogP contribution >= 0.6 is 11.6 Å². The van der Waals surface area contributed by atoms with E-state index in [0.717, 1.165) is 26.6 Å². The highest BCUT2D eigenvalue weighted by atomic mass is 35.5. The van der Waals surface area contributed by atoms with E-state index in [1.807, 2.05) is 46.8 Å². The zero-order valence-electron chi connectivity index (χ0n) is 23.2. The molecule has 9 heteroatoms. The summed E-state index contributed by atoms with van der Waals surface area (Å²) in [5.74, 6) is -0.852. The van der Waals surface area contributed by atoms with Gasteiger partial charge in [0.25, 0.3) is 10.0 Å². The van der Waals surface area contributed by atoms with Gasteiger partial charge < -0.3 is 10.2 Å². The fourth-order valence-electron chi connectivity index (χ4n) is 4.07. The number of rotatable bonds is 10. The second kappa shape index (κ2) is 12.7. The first-order chi connectivity index (χ1) is 18.3. The number of carbonyl (C=O) groups excluding carboxylic acids is 2. The van der Waals surface area contributed by atoms with Crippen molar-refractivity contribution in [3.63, 3.8) is 0 Å². The number of nitrogens with one attached hydrogen (secondary N) is 1. The van der Waals surface area contributed by atoms with Crippen molar-refractivity contribution in [3.05, 3.63) is 94.0 Å². The van der Waals surface area contributed by atoms with Crippen LogP contribution in [0.3, 0.4) is 0 Å². The third-order valence-electron chi connectivity index (χ3n) is 6.51. The van der Waals surface area contributed by atoms with E-state index in [4.69, 9.17) is 11.6 Å². The van der Waals surface area contributed by atoms with E-state index < -0.39 is 28.5 Å². The molecule has 1 N–H and O–H groups in total. The van der Waals surface area contributed by atoms with Gasteiger partial charge >= 0.3 is 0 Å². The molecule has 3 aromatic carbocycles. The van der Waals surface area contributed by atoms with Gasteiger partial charge in [-0.3, -0.25) is 13.9 Å². The van der Waals surface area contributed by atoms with Gasteiger partial charge in [-0.05, 0) is 94.6 Å². The van der Waals surface area contributed by atoms with E-state index in [-0.39, 0.29) is 23.4 Å². The van der Waals surface area contributed by atoms with Crippen molar-refractivity contribution < 1.29 is 18.0 Å². The molecular weight excluding hydrogens is 534 g/mol. The molecule has 0 unspecified atom stereocenters. The first-order valence-electron chi connectivity index (χ1n) is 12.8. The maximum atomic E-state index is 13.9. The van der Waals surface area contributed by atoms with Crippen LogP contribution in [0, 0.1) is 20.8 Å². The van der Waals surface area contributed by atoms with Crippen LogP contribution < -0.4 is 9.62 Å². The number of halogens is 1. The molecule has 0 bridgehead atoms. The fourth-order valence-corrected chi connectivity index (χ4v) is 5.69. The Balaban J connectivity index is 2.06. The molecule has 0 aliphatic carbocycles. The van der Waals surface area contributed by atoms with Crippen LogP contribution in [0.4, 0.5) is 5.69 Å². The van der Waals surface area contributed by atoms with E-state index in [1.54, 1.807) is 49.4 Å². The minimum absolute atomic E-state index is 0.0751. The smallest absolute Gasteiger partial charge is 0.264 e. The Kier molecular flexibility index (Phi) is 9.80. The Morgan fingerprint density at radius 2 is 1.56 bits per heavy atom. The molecule has 0 saturated carbocycles. The molecule has 3 aromatic rings. The van der Waals surface area contributed by atoms with E-state index in [2.05, 4.69) is 5.32 Å². The number of aryl methyl sites for hydroxylation is 3. The Labute approximate surface area is 236 Å². The standard InChI is InChI=1S/C30H36ClN3O4S/c1-20(2)32-30(36)24(6)33(18-25-8-7-9-26(31)17-25)29(35)19-34(27-13-12-22(4)23(5)16-27)39(37,38)28-14-10-21(3)11-15-28/h7-17,20,24H,18-19H2,1-6H3,(H,32,36)/t24-/m0/s1. The topological polar surface area (TPSA) is 86.8 Å². The van der Waals surface area contributed by atoms with Gasteiger partial charge in [0.05, 0.1) is 10.6 Å². The molecule has 1 atom stereocenters. The second-order valence-corrected chi connectivity index (χ2v) is 12.4. The lowest BCUT2D eigenvalue weighted by Gasteiger charge is -2.32. The molecule has 3 rings (SSSR count). The maximum Gasteiger partial charge on any atom is 0.264 e. The van der Waals surface area contributed by atoms with Crippen molar-refractivity contribution in [2.24, 2.45) is 0 Å². The largest absolute Gasteiger partial charge is 0.352 e. The van der Waals surface area contributed by atoms with Crippen LogP contribution in [0.25, 0.3) is 0 Å². The molecule has 0 heterocycles. The first kappa shape index (κ1) is 30.2. The summed E-state index contributed by atoms with van der Waals surface area (Å²) in [5, 5.41) is 3.34. The van der Waals surface area contributed by atoms with Crippen molar-refractivity contribution >= 4 is 39.1 Å². The Hall–Kier alpha value is -3.36. The lowest BCUT2D eigenvalue weighted by Crippen LogP contribution is -2.52. The summed E-state index contributed by atoms with van der Waals surface area (Å²) in [5.41, 5.74) is 3.90. The van der Waals surface area contributed by atoms with Crippen molar-refractivity contribution in [2.45, 2.75) is 65.1 Å². The van der Waals surface area contributed by atoms with Crippen LogP contribution in [0.1, 0.15) is 43.0 Å². The SMILES string of the molecule is Cc1ccc(S(=O)(=O)N(CC(=O)N(Cc2cccc(Cl)c2)[C@@H](C)C(=O)NC(C)C)c2ccc(C)c(C)c2)cc1. The molecule has 0 radical (unpaired) electrons. The maximum absolute atomic E-state index is 13.9. The molecule has 0 saturated heterocycles. The third-order valence-corrected chi connectivity index (χ3v) is 8.53. The quantitative estimate of drug-likeness (QED) is 0.354. The van der Waals surface area contributed by atoms with Crippen LogP contribution in [-0.2, 0) is 26.2 Å². The fraction of sp³-hybridized carbons (Fsp3) is 0.333. The normalized spacial score (nSPS) is 12.2. The number of sulfonamides is 1. The van der Waals surface area contributed by atoms with Gasteiger partial charge in [-0.15, -0.1) is 0 Å².